The number of ether oxygens (including phenoxy) is 2. The molecule has 0 bridgehead atoms. The van der Waals surface area contributed by atoms with Gasteiger partial charge in [0.05, 0.1) is 24.8 Å². The van der Waals surface area contributed by atoms with E-state index in [9.17, 15) is 9.18 Å². The van der Waals surface area contributed by atoms with E-state index in [1.165, 1.54) is 23.5 Å². The van der Waals surface area contributed by atoms with Gasteiger partial charge in [-0.1, -0.05) is 17.7 Å². The fourth-order valence-corrected chi connectivity index (χ4v) is 4.20. The topological polar surface area (TPSA) is 47.6 Å². The van der Waals surface area contributed by atoms with Gasteiger partial charge in [0.25, 0.3) is 5.91 Å². The van der Waals surface area contributed by atoms with Gasteiger partial charge in [0.1, 0.15) is 10.7 Å². The van der Waals surface area contributed by atoms with E-state index >= 15 is 0 Å². The second-order valence-corrected chi connectivity index (χ2v) is 7.35. The molecule has 3 rings (SSSR count). The van der Waals surface area contributed by atoms with Crippen molar-refractivity contribution in [2.75, 3.05) is 13.7 Å². The summed E-state index contributed by atoms with van der Waals surface area (Å²) in [6.07, 6.45) is 0. The Balaban J connectivity index is 1.82. The molecule has 0 saturated heterocycles. The molecule has 0 aliphatic heterocycles. The van der Waals surface area contributed by atoms with Crippen molar-refractivity contribution < 1.29 is 18.7 Å². The van der Waals surface area contributed by atoms with Crippen LogP contribution in [0.3, 0.4) is 0 Å². The average Bonchev–Trinajstić information content (AvgIpc) is 2.98. The van der Waals surface area contributed by atoms with Gasteiger partial charge in [-0.05, 0) is 49.7 Å². The Hall–Kier alpha value is -2.31. The lowest BCUT2D eigenvalue weighted by atomic mass is 10.1. The van der Waals surface area contributed by atoms with E-state index in [0.717, 1.165) is 5.56 Å². The van der Waals surface area contributed by atoms with Gasteiger partial charge >= 0.3 is 0 Å². The molecule has 1 amide bonds. The molecule has 0 saturated carbocycles. The molecule has 1 heterocycles. The van der Waals surface area contributed by atoms with Gasteiger partial charge in [0, 0.05) is 10.1 Å². The van der Waals surface area contributed by atoms with Gasteiger partial charge in [-0.3, -0.25) is 4.79 Å². The quantitative estimate of drug-likeness (QED) is 0.579. The number of hydrogen-bond acceptors (Lipinski definition) is 4. The molecular formula is C20H19ClFNO3S. The summed E-state index contributed by atoms with van der Waals surface area (Å²) in [4.78, 5) is 13.1. The van der Waals surface area contributed by atoms with Crippen LogP contribution in [-0.4, -0.2) is 19.6 Å². The van der Waals surface area contributed by atoms with Crippen LogP contribution in [0.5, 0.6) is 11.5 Å². The van der Waals surface area contributed by atoms with Crippen molar-refractivity contribution in [2.45, 2.75) is 19.9 Å². The number of benzene rings is 2. The van der Waals surface area contributed by atoms with Crippen LogP contribution in [0, 0.1) is 5.82 Å². The average molecular weight is 408 g/mol. The van der Waals surface area contributed by atoms with Crippen molar-refractivity contribution in [3.63, 3.8) is 0 Å². The number of fused-ring (bicyclic) bond motifs is 1. The van der Waals surface area contributed by atoms with Crippen LogP contribution in [-0.2, 0) is 0 Å². The predicted molar refractivity (Wildman–Crippen MR) is 107 cm³/mol. The van der Waals surface area contributed by atoms with Gasteiger partial charge in [0.15, 0.2) is 11.5 Å². The molecule has 7 heteroatoms. The summed E-state index contributed by atoms with van der Waals surface area (Å²) >= 11 is 7.50. The third-order valence-electron chi connectivity index (χ3n) is 4.13. The fourth-order valence-electron chi connectivity index (χ4n) is 2.76. The first kappa shape index (κ1) is 19.5. The summed E-state index contributed by atoms with van der Waals surface area (Å²) < 4.78 is 24.9. The van der Waals surface area contributed by atoms with Crippen molar-refractivity contribution in [1.29, 1.82) is 0 Å². The Morgan fingerprint density at radius 2 is 2.04 bits per heavy atom. The Morgan fingerprint density at radius 3 is 2.74 bits per heavy atom. The molecule has 1 atom stereocenters. The zero-order valence-electron chi connectivity index (χ0n) is 15.1. The number of rotatable bonds is 6. The molecule has 3 aromatic rings. The maximum atomic E-state index is 13.4. The largest absolute Gasteiger partial charge is 0.493 e. The smallest absolute Gasteiger partial charge is 0.263 e. The zero-order valence-corrected chi connectivity index (χ0v) is 16.7. The minimum atomic E-state index is -0.359. The van der Waals surface area contributed by atoms with Gasteiger partial charge in [0.2, 0.25) is 0 Å². The van der Waals surface area contributed by atoms with E-state index in [1.54, 1.807) is 13.2 Å². The third-order valence-corrected chi connectivity index (χ3v) is 5.79. The van der Waals surface area contributed by atoms with Gasteiger partial charge in [-0.15, -0.1) is 11.3 Å². The number of carbonyl (C=O) groups is 1. The Kier molecular flexibility index (Phi) is 5.87. The maximum absolute atomic E-state index is 13.4. The minimum absolute atomic E-state index is 0.278. The van der Waals surface area contributed by atoms with Crippen LogP contribution in [0.4, 0.5) is 4.39 Å². The lowest BCUT2D eigenvalue weighted by molar-refractivity contribution is 0.0944. The molecule has 0 aliphatic carbocycles. The van der Waals surface area contributed by atoms with Crippen LogP contribution in [0.15, 0.2) is 36.4 Å². The van der Waals surface area contributed by atoms with E-state index in [-0.39, 0.29) is 17.8 Å². The second kappa shape index (κ2) is 8.15. The normalized spacial score (nSPS) is 12.0. The summed E-state index contributed by atoms with van der Waals surface area (Å²) in [5, 5.41) is 3.94. The summed E-state index contributed by atoms with van der Waals surface area (Å²) in [5.41, 5.74) is 0.868. The van der Waals surface area contributed by atoms with Crippen LogP contribution < -0.4 is 14.8 Å². The highest BCUT2D eigenvalue weighted by atomic mass is 35.5. The Morgan fingerprint density at radius 1 is 1.26 bits per heavy atom. The zero-order chi connectivity index (χ0) is 19.6. The monoisotopic (exact) mass is 407 g/mol. The number of methoxy groups -OCH3 is 1. The lowest BCUT2D eigenvalue weighted by Crippen LogP contribution is -2.26. The van der Waals surface area contributed by atoms with Gasteiger partial charge in [-0.2, -0.15) is 0 Å². The molecule has 0 radical (unpaired) electrons. The van der Waals surface area contributed by atoms with Crippen molar-refractivity contribution in [3.8, 4) is 11.5 Å². The first-order valence-corrected chi connectivity index (χ1v) is 9.63. The highest BCUT2D eigenvalue weighted by Crippen LogP contribution is 2.36. The molecule has 4 nitrogen and oxygen atoms in total. The van der Waals surface area contributed by atoms with E-state index in [0.29, 0.717) is 38.1 Å². The van der Waals surface area contributed by atoms with Crippen molar-refractivity contribution >= 4 is 38.9 Å². The van der Waals surface area contributed by atoms with E-state index in [4.69, 9.17) is 21.1 Å². The van der Waals surface area contributed by atoms with Crippen molar-refractivity contribution in [3.05, 3.63) is 57.7 Å². The molecule has 2 aromatic carbocycles. The molecule has 1 N–H and O–H groups in total. The Bertz CT molecular complexity index is 989. The van der Waals surface area contributed by atoms with Gasteiger partial charge < -0.3 is 14.8 Å². The molecule has 1 unspecified atom stereocenters. The third kappa shape index (κ3) is 4.01. The number of hydrogen-bond donors (Lipinski definition) is 1. The molecular weight excluding hydrogens is 389 g/mol. The molecule has 27 heavy (non-hydrogen) atoms. The highest BCUT2D eigenvalue weighted by molar-refractivity contribution is 7.21. The SMILES string of the molecule is CCOc1ccc(C(C)NC(=O)c2sc3cc(F)ccc3c2Cl)cc1OC. The number of nitrogens with one attached hydrogen (secondary N) is 1. The predicted octanol–water partition coefficient (Wildman–Crippen LogP) is 5.59. The second-order valence-electron chi connectivity index (χ2n) is 5.92. The van der Waals surface area contributed by atoms with Crippen LogP contribution in [0.25, 0.3) is 10.1 Å². The first-order chi connectivity index (χ1) is 12.9. The van der Waals surface area contributed by atoms with E-state index in [2.05, 4.69) is 5.32 Å². The van der Waals surface area contributed by atoms with Crippen LogP contribution in [0.1, 0.15) is 35.1 Å². The summed E-state index contributed by atoms with van der Waals surface area (Å²) in [6.45, 7) is 4.30. The number of halogens is 2. The number of carbonyl (C=O) groups excluding carboxylic acids is 1. The van der Waals surface area contributed by atoms with Crippen LogP contribution >= 0.6 is 22.9 Å². The molecule has 142 valence electrons. The van der Waals surface area contributed by atoms with Crippen molar-refractivity contribution in [2.24, 2.45) is 0 Å². The maximum Gasteiger partial charge on any atom is 0.263 e. The Labute approximate surface area is 165 Å². The first-order valence-electron chi connectivity index (χ1n) is 8.43. The molecule has 0 fully saturated rings. The fraction of sp³-hybridized carbons (Fsp3) is 0.250. The number of amides is 1. The van der Waals surface area contributed by atoms with Crippen molar-refractivity contribution in [1.82, 2.24) is 5.32 Å². The van der Waals surface area contributed by atoms with E-state index < -0.39 is 0 Å². The molecule has 0 spiro atoms. The summed E-state index contributed by atoms with van der Waals surface area (Å²) in [5.74, 6) is 0.590. The van der Waals surface area contributed by atoms with E-state index in [1.807, 2.05) is 32.0 Å². The summed E-state index contributed by atoms with van der Waals surface area (Å²) in [6, 6.07) is 9.54. The molecule has 1 aromatic heterocycles. The number of thiophene rings is 1. The van der Waals surface area contributed by atoms with Crippen LogP contribution in [0.2, 0.25) is 5.02 Å². The molecule has 0 aliphatic rings. The highest BCUT2D eigenvalue weighted by Gasteiger charge is 2.20. The minimum Gasteiger partial charge on any atom is -0.493 e. The lowest BCUT2D eigenvalue weighted by Gasteiger charge is -2.16. The standard InChI is InChI=1S/C20H19ClFNO3S/c1-4-26-15-8-5-12(9-16(15)25-3)11(2)23-20(24)19-18(21)14-7-6-13(22)10-17(14)27-19/h5-11H,4H2,1-3H3,(H,23,24). The summed E-state index contributed by atoms with van der Waals surface area (Å²) in [7, 11) is 1.57. The van der Waals surface area contributed by atoms with Gasteiger partial charge in [-0.25, -0.2) is 4.39 Å².